The zero-order chi connectivity index (χ0) is 14.3. The Morgan fingerprint density at radius 3 is 3.00 bits per heavy atom. The fourth-order valence-corrected chi connectivity index (χ4v) is 2.96. The Morgan fingerprint density at radius 2 is 2.25 bits per heavy atom. The summed E-state index contributed by atoms with van der Waals surface area (Å²) in [6, 6.07) is 5.21. The quantitative estimate of drug-likeness (QED) is 0.643. The molecule has 0 spiro atoms. The predicted octanol–water partition coefficient (Wildman–Crippen LogP) is 1.64. The zero-order valence-corrected chi connectivity index (χ0v) is 11.4. The van der Waals surface area contributed by atoms with Crippen molar-refractivity contribution in [3.05, 3.63) is 34.2 Å². The number of anilines is 2. The summed E-state index contributed by atoms with van der Waals surface area (Å²) < 4.78 is 5.27. The summed E-state index contributed by atoms with van der Waals surface area (Å²) in [4.78, 5) is 13.6. The monoisotopic (exact) mass is 274 g/mol. The van der Waals surface area contributed by atoms with E-state index in [1.165, 1.54) is 6.07 Å². The van der Waals surface area contributed by atoms with Crippen molar-refractivity contribution in [3.8, 4) is 0 Å². The maximum atomic E-state index is 11.5. The number of hydrogen-bond donors (Lipinski definition) is 2. The molecule has 0 unspecified atom stereocenters. The molecular weight excluding hydrogens is 256 g/mol. The highest BCUT2D eigenvalue weighted by Gasteiger charge is 2.26. The van der Waals surface area contributed by atoms with E-state index < -0.39 is 0 Å². The van der Waals surface area contributed by atoms with E-state index in [-0.39, 0.29) is 18.3 Å². The number of nitrogens with two attached hydrogens (primary N) is 1. The van der Waals surface area contributed by atoms with Gasteiger partial charge in [0.2, 0.25) is 0 Å². The van der Waals surface area contributed by atoms with Gasteiger partial charge in [0.25, 0.3) is 0 Å². The zero-order valence-electron chi connectivity index (χ0n) is 11.4. The van der Waals surface area contributed by atoms with E-state index in [4.69, 9.17) is 10.2 Å². The van der Waals surface area contributed by atoms with Gasteiger partial charge in [-0.1, -0.05) is 0 Å². The van der Waals surface area contributed by atoms with Crippen molar-refractivity contribution < 1.29 is 9.52 Å². The van der Waals surface area contributed by atoms with Gasteiger partial charge in [0.1, 0.15) is 5.58 Å². The first-order chi connectivity index (χ1) is 9.60. The third-order valence-electron chi connectivity index (χ3n) is 4.00. The average Bonchev–Trinajstić information content (AvgIpc) is 2.87. The van der Waals surface area contributed by atoms with Crippen LogP contribution >= 0.6 is 0 Å². The maximum Gasteiger partial charge on any atom is 0.336 e. The molecule has 2 heterocycles. The molecule has 0 amide bonds. The second-order valence-corrected chi connectivity index (χ2v) is 5.33. The molecule has 1 aliphatic heterocycles. The predicted molar refractivity (Wildman–Crippen MR) is 79.1 cm³/mol. The van der Waals surface area contributed by atoms with Crippen LogP contribution in [-0.4, -0.2) is 24.3 Å². The fourth-order valence-electron chi connectivity index (χ4n) is 2.96. The lowest BCUT2D eigenvalue weighted by Crippen LogP contribution is -2.32. The number of benzene rings is 1. The normalized spacial score (nSPS) is 18.9. The molecule has 5 heteroatoms. The summed E-state index contributed by atoms with van der Waals surface area (Å²) in [5.41, 5.74) is 8.68. The molecule has 106 valence electrons. The summed E-state index contributed by atoms with van der Waals surface area (Å²) in [7, 11) is 0. The van der Waals surface area contributed by atoms with E-state index in [2.05, 4.69) is 4.90 Å². The summed E-state index contributed by atoms with van der Waals surface area (Å²) in [6.07, 6.45) is 1.98. The van der Waals surface area contributed by atoms with Crippen LogP contribution in [0.25, 0.3) is 11.0 Å². The van der Waals surface area contributed by atoms with E-state index in [9.17, 15) is 9.90 Å². The van der Waals surface area contributed by atoms with Crippen molar-refractivity contribution in [2.75, 3.05) is 23.8 Å². The Balaban J connectivity index is 2.17. The van der Waals surface area contributed by atoms with Gasteiger partial charge in [-0.2, -0.15) is 0 Å². The van der Waals surface area contributed by atoms with Crippen LogP contribution in [0.3, 0.4) is 0 Å². The first-order valence-corrected chi connectivity index (χ1v) is 6.81. The van der Waals surface area contributed by atoms with Gasteiger partial charge < -0.3 is 20.2 Å². The first-order valence-electron chi connectivity index (χ1n) is 6.81. The van der Waals surface area contributed by atoms with Crippen LogP contribution in [0.15, 0.2) is 27.4 Å². The number of nitrogens with zero attached hydrogens (tertiary/aromatic N) is 1. The van der Waals surface area contributed by atoms with Crippen molar-refractivity contribution in [1.82, 2.24) is 0 Å². The van der Waals surface area contributed by atoms with Gasteiger partial charge in [0.05, 0.1) is 24.0 Å². The van der Waals surface area contributed by atoms with Gasteiger partial charge in [0, 0.05) is 24.1 Å². The highest BCUT2D eigenvalue weighted by atomic mass is 16.4. The Hall–Kier alpha value is -2.01. The van der Waals surface area contributed by atoms with E-state index in [0.29, 0.717) is 11.3 Å². The topological polar surface area (TPSA) is 79.7 Å². The number of aliphatic hydroxyl groups is 1. The summed E-state index contributed by atoms with van der Waals surface area (Å²) in [5, 5.41) is 10.3. The fraction of sp³-hybridized carbons (Fsp3) is 0.400. The molecule has 1 atom stereocenters. The molecule has 1 aromatic carbocycles. The second kappa shape index (κ2) is 4.83. The van der Waals surface area contributed by atoms with E-state index in [0.717, 1.165) is 36.0 Å². The van der Waals surface area contributed by atoms with E-state index in [1.807, 2.05) is 19.1 Å². The minimum atomic E-state index is -0.356. The van der Waals surface area contributed by atoms with Crippen molar-refractivity contribution >= 4 is 22.3 Å². The molecule has 20 heavy (non-hydrogen) atoms. The molecule has 0 saturated carbocycles. The largest absolute Gasteiger partial charge is 0.423 e. The van der Waals surface area contributed by atoms with Gasteiger partial charge in [-0.05, 0) is 31.4 Å². The van der Waals surface area contributed by atoms with Crippen LogP contribution in [0.4, 0.5) is 11.4 Å². The molecule has 0 radical (unpaired) electrons. The molecule has 1 saturated heterocycles. The third-order valence-corrected chi connectivity index (χ3v) is 4.00. The Labute approximate surface area is 116 Å². The molecule has 1 aromatic heterocycles. The Bertz CT molecular complexity index is 708. The molecule has 3 N–H and O–H groups in total. The van der Waals surface area contributed by atoms with Crippen LogP contribution in [0.2, 0.25) is 0 Å². The van der Waals surface area contributed by atoms with Crippen LogP contribution in [-0.2, 0) is 0 Å². The average molecular weight is 274 g/mol. The molecular formula is C15H18N2O3. The lowest BCUT2D eigenvalue weighted by Gasteiger charge is -2.26. The SMILES string of the molecule is Cc1cc(=O)oc2cc(N3CCC[C@H]3CO)c(N)cc12. The lowest BCUT2D eigenvalue weighted by atomic mass is 10.1. The van der Waals surface area contributed by atoms with Crippen molar-refractivity contribution in [3.63, 3.8) is 0 Å². The van der Waals surface area contributed by atoms with Gasteiger partial charge >= 0.3 is 5.63 Å². The maximum absolute atomic E-state index is 11.5. The van der Waals surface area contributed by atoms with Crippen molar-refractivity contribution in [1.29, 1.82) is 0 Å². The first kappa shape index (κ1) is 13.0. The van der Waals surface area contributed by atoms with Gasteiger partial charge in [0.15, 0.2) is 0 Å². The lowest BCUT2D eigenvalue weighted by molar-refractivity contribution is 0.266. The Morgan fingerprint density at radius 1 is 1.45 bits per heavy atom. The molecule has 1 aliphatic rings. The Kier molecular flexibility index (Phi) is 3.14. The minimum absolute atomic E-state index is 0.0891. The van der Waals surface area contributed by atoms with E-state index in [1.54, 1.807) is 0 Å². The molecule has 5 nitrogen and oxygen atoms in total. The van der Waals surface area contributed by atoms with Crippen molar-refractivity contribution in [2.45, 2.75) is 25.8 Å². The van der Waals surface area contributed by atoms with Gasteiger partial charge in [-0.25, -0.2) is 4.79 Å². The van der Waals surface area contributed by atoms with Gasteiger partial charge in [-0.15, -0.1) is 0 Å². The van der Waals surface area contributed by atoms with Gasteiger partial charge in [-0.3, -0.25) is 0 Å². The second-order valence-electron chi connectivity index (χ2n) is 5.33. The minimum Gasteiger partial charge on any atom is -0.423 e. The number of nitrogen functional groups attached to an aromatic ring is 1. The van der Waals surface area contributed by atoms with Crippen LogP contribution in [0.5, 0.6) is 0 Å². The number of aryl methyl sites for hydroxylation is 1. The van der Waals surface area contributed by atoms with Crippen LogP contribution in [0.1, 0.15) is 18.4 Å². The number of aliphatic hydroxyl groups excluding tert-OH is 1. The summed E-state index contributed by atoms with van der Waals surface area (Å²) >= 11 is 0. The molecule has 2 aromatic rings. The number of rotatable bonds is 2. The smallest absolute Gasteiger partial charge is 0.336 e. The highest BCUT2D eigenvalue weighted by Crippen LogP contribution is 2.34. The summed E-state index contributed by atoms with van der Waals surface area (Å²) in [5.74, 6) is 0. The number of fused-ring (bicyclic) bond motifs is 1. The van der Waals surface area contributed by atoms with Crippen LogP contribution in [0, 0.1) is 6.92 Å². The molecule has 0 aliphatic carbocycles. The van der Waals surface area contributed by atoms with E-state index >= 15 is 0 Å². The third kappa shape index (κ3) is 2.04. The molecule has 3 rings (SSSR count). The highest BCUT2D eigenvalue weighted by molar-refractivity contribution is 5.90. The molecule has 1 fully saturated rings. The number of hydrogen-bond acceptors (Lipinski definition) is 5. The molecule has 0 bridgehead atoms. The van der Waals surface area contributed by atoms with Crippen LogP contribution < -0.4 is 16.3 Å². The van der Waals surface area contributed by atoms with Crippen molar-refractivity contribution in [2.24, 2.45) is 0 Å². The summed E-state index contributed by atoms with van der Waals surface area (Å²) in [6.45, 7) is 2.83. The standard InChI is InChI=1S/C15H18N2O3/c1-9-5-15(19)20-14-7-13(12(16)6-11(9)14)17-4-2-3-10(17)8-18/h5-7,10,18H,2-4,8,16H2,1H3/t10-/m0/s1.